The Kier molecular flexibility index (Phi) is 6.92. The highest BCUT2D eigenvalue weighted by atomic mass is 16.5. The van der Waals surface area contributed by atoms with E-state index in [1.54, 1.807) is 7.11 Å². The second-order valence-electron chi connectivity index (χ2n) is 4.09. The summed E-state index contributed by atoms with van der Waals surface area (Å²) >= 11 is 0. The second kappa shape index (κ2) is 8.05. The molecule has 0 aromatic heterocycles. The lowest BCUT2D eigenvalue weighted by molar-refractivity contribution is 0.158. The lowest BCUT2D eigenvalue weighted by Gasteiger charge is -2.22. The molecule has 1 heterocycles. The Morgan fingerprint density at radius 1 is 1.47 bits per heavy atom. The van der Waals surface area contributed by atoms with Crippen LogP contribution < -0.4 is 5.32 Å². The van der Waals surface area contributed by atoms with E-state index in [1.165, 1.54) is 12.8 Å². The minimum absolute atomic E-state index is 0.643. The number of rotatable bonds is 8. The van der Waals surface area contributed by atoms with E-state index < -0.39 is 0 Å². The van der Waals surface area contributed by atoms with E-state index >= 15 is 0 Å². The minimum atomic E-state index is 0.643. The van der Waals surface area contributed by atoms with Gasteiger partial charge in [0.2, 0.25) is 0 Å². The Hall–Kier alpha value is -0.160. The highest BCUT2D eigenvalue weighted by Crippen LogP contribution is 2.10. The smallest absolute Gasteiger partial charge is 0.0622 e. The van der Waals surface area contributed by atoms with Gasteiger partial charge in [-0.25, -0.2) is 0 Å². The zero-order valence-corrected chi connectivity index (χ0v) is 10.00. The van der Waals surface area contributed by atoms with E-state index in [0.29, 0.717) is 6.04 Å². The van der Waals surface area contributed by atoms with Gasteiger partial charge in [-0.05, 0) is 33.0 Å². The number of methoxy groups -OCH3 is 1. The van der Waals surface area contributed by atoms with E-state index in [2.05, 4.69) is 17.3 Å². The van der Waals surface area contributed by atoms with Crippen molar-refractivity contribution in [2.24, 2.45) is 0 Å². The van der Waals surface area contributed by atoms with Crippen LogP contribution in [-0.4, -0.2) is 64.6 Å². The van der Waals surface area contributed by atoms with Gasteiger partial charge in [0.05, 0.1) is 13.2 Å². The molecule has 1 aliphatic rings. The quantitative estimate of drug-likeness (QED) is 0.593. The molecule has 0 aromatic carbocycles. The number of hydrogen-bond donors (Lipinski definition) is 1. The van der Waals surface area contributed by atoms with Gasteiger partial charge in [-0.2, -0.15) is 0 Å². The van der Waals surface area contributed by atoms with Gasteiger partial charge >= 0.3 is 0 Å². The standard InChI is InChI=1S/C11H24N2O2/c1-13(11-4-8-15-10-11)7-3-5-12-6-9-14-2/h11-12H,3-10H2,1-2H3. The van der Waals surface area contributed by atoms with Crippen molar-refractivity contribution in [3.8, 4) is 0 Å². The molecular weight excluding hydrogens is 192 g/mol. The Morgan fingerprint density at radius 3 is 3.00 bits per heavy atom. The van der Waals surface area contributed by atoms with Crippen molar-refractivity contribution in [1.29, 1.82) is 0 Å². The van der Waals surface area contributed by atoms with Crippen LogP contribution in [-0.2, 0) is 9.47 Å². The maximum atomic E-state index is 5.36. The first kappa shape index (κ1) is 12.9. The van der Waals surface area contributed by atoms with Gasteiger partial charge in [-0.3, -0.25) is 0 Å². The topological polar surface area (TPSA) is 33.7 Å². The summed E-state index contributed by atoms with van der Waals surface area (Å²) in [6.45, 7) is 5.81. The SMILES string of the molecule is COCCNCCCN(C)C1CCOC1. The molecule has 90 valence electrons. The van der Waals surface area contributed by atoms with Crippen LogP contribution in [0, 0.1) is 0 Å². The maximum absolute atomic E-state index is 5.36. The molecule has 1 rings (SSSR count). The van der Waals surface area contributed by atoms with Gasteiger partial charge in [0.1, 0.15) is 0 Å². The molecule has 1 atom stereocenters. The normalized spacial score (nSPS) is 21.4. The number of nitrogens with one attached hydrogen (secondary N) is 1. The van der Waals surface area contributed by atoms with E-state index in [0.717, 1.165) is 39.5 Å². The van der Waals surface area contributed by atoms with Crippen molar-refractivity contribution in [2.45, 2.75) is 18.9 Å². The van der Waals surface area contributed by atoms with Crippen molar-refractivity contribution in [3.63, 3.8) is 0 Å². The van der Waals surface area contributed by atoms with Crippen LogP contribution in [0.2, 0.25) is 0 Å². The third-order valence-corrected chi connectivity index (χ3v) is 2.88. The van der Waals surface area contributed by atoms with Crippen LogP contribution in [0.5, 0.6) is 0 Å². The van der Waals surface area contributed by atoms with Crippen LogP contribution in [0.25, 0.3) is 0 Å². The van der Waals surface area contributed by atoms with E-state index in [-0.39, 0.29) is 0 Å². The van der Waals surface area contributed by atoms with Gasteiger partial charge in [0.25, 0.3) is 0 Å². The summed E-state index contributed by atoms with van der Waals surface area (Å²) in [4.78, 5) is 2.41. The average Bonchev–Trinajstić information content (AvgIpc) is 2.76. The van der Waals surface area contributed by atoms with Gasteiger partial charge in [0.15, 0.2) is 0 Å². The molecule has 0 aromatic rings. The molecule has 1 unspecified atom stereocenters. The van der Waals surface area contributed by atoms with Crippen molar-refractivity contribution < 1.29 is 9.47 Å². The highest BCUT2D eigenvalue weighted by Gasteiger charge is 2.19. The summed E-state index contributed by atoms with van der Waals surface area (Å²) in [5, 5.41) is 3.35. The lowest BCUT2D eigenvalue weighted by atomic mass is 10.2. The first-order valence-corrected chi connectivity index (χ1v) is 5.82. The fourth-order valence-corrected chi connectivity index (χ4v) is 1.80. The Labute approximate surface area is 92.9 Å². The number of likely N-dealkylation sites (N-methyl/N-ethyl adjacent to an activating group) is 1. The largest absolute Gasteiger partial charge is 0.383 e. The van der Waals surface area contributed by atoms with Gasteiger partial charge in [0, 0.05) is 26.3 Å². The fraction of sp³-hybridized carbons (Fsp3) is 1.00. The number of ether oxygens (including phenoxy) is 2. The lowest BCUT2D eigenvalue weighted by Crippen LogP contribution is -2.34. The monoisotopic (exact) mass is 216 g/mol. The average molecular weight is 216 g/mol. The molecule has 1 N–H and O–H groups in total. The summed E-state index contributed by atoms with van der Waals surface area (Å²) in [7, 11) is 3.92. The molecule has 4 nitrogen and oxygen atoms in total. The van der Waals surface area contributed by atoms with Crippen molar-refractivity contribution in [2.75, 3.05) is 53.6 Å². The summed E-state index contributed by atoms with van der Waals surface area (Å²) in [5.74, 6) is 0. The Morgan fingerprint density at radius 2 is 2.33 bits per heavy atom. The summed E-state index contributed by atoms with van der Waals surface area (Å²) in [6.07, 6.45) is 2.38. The van der Waals surface area contributed by atoms with Crippen LogP contribution in [0.15, 0.2) is 0 Å². The fourth-order valence-electron chi connectivity index (χ4n) is 1.80. The number of nitrogens with zero attached hydrogens (tertiary/aromatic N) is 1. The van der Waals surface area contributed by atoms with Crippen LogP contribution in [0.3, 0.4) is 0 Å². The van der Waals surface area contributed by atoms with Crippen LogP contribution in [0.4, 0.5) is 0 Å². The van der Waals surface area contributed by atoms with Crippen LogP contribution in [0.1, 0.15) is 12.8 Å². The van der Waals surface area contributed by atoms with Crippen LogP contribution >= 0.6 is 0 Å². The molecule has 0 aliphatic carbocycles. The van der Waals surface area contributed by atoms with E-state index in [1.807, 2.05) is 0 Å². The third kappa shape index (κ3) is 5.47. The van der Waals surface area contributed by atoms with Gasteiger partial charge in [-0.1, -0.05) is 0 Å². The van der Waals surface area contributed by atoms with Crippen molar-refractivity contribution in [3.05, 3.63) is 0 Å². The predicted octanol–water partition coefficient (Wildman–Crippen LogP) is 0.333. The minimum Gasteiger partial charge on any atom is -0.383 e. The molecule has 1 saturated heterocycles. The molecule has 0 saturated carbocycles. The number of hydrogen-bond acceptors (Lipinski definition) is 4. The molecule has 15 heavy (non-hydrogen) atoms. The zero-order valence-electron chi connectivity index (χ0n) is 10.00. The molecule has 4 heteroatoms. The first-order valence-electron chi connectivity index (χ1n) is 5.82. The van der Waals surface area contributed by atoms with E-state index in [4.69, 9.17) is 9.47 Å². The maximum Gasteiger partial charge on any atom is 0.0622 e. The summed E-state index contributed by atoms with van der Waals surface area (Å²) < 4.78 is 10.3. The predicted molar refractivity (Wildman–Crippen MR) is 61.2 cm³/mol. The molecule has 0 radical (unpaired) electrons. The van der Waals surface area contributed by atoms with Crippen molar-refractivity contribution >= 4 is 0 Å². The highest BCUT2D eigenvalue weighted by molar-refractivity contribution is 4.72. The Bertz CT molecular complexity index is 150. The summed E-state index contributed by atoms with van der Waals surface area (Å²) in [5.41, 5.74) is 0. The zero-order chi connectivity index (χ0) is 10.9. The van der Waals surface area contributed by atoms with Gasteiger partial charge < -0.3 is 19.7 Å². The molecule has 0 bridgehead atoms. The third-order valence-electron chi connectivity index (χ3n) is 2.88. The molecular formula is C11H24N2O2. The molecule has 1 aliphatic heterocycles. The molecule has 1 fully saturated rings. The first-order chi connectivity index (χ1) is 7.34. The Balaban J connectivity index is 1.90. The molecule has 0 spiro atoms. The van der Waals surface area contributed by atoms with E-state index in [9.17, 15) is 0 Å². The summed E-state index contributed by atoms with van der Waals surface area (Å²) in [6, 6.07) is 0.643. The van der Waals surface area contributed by atoms with Gasteiger partial charge in [-0.15, -0.1) is 0 Å². The van der Waals surface area contributed by atoms with Crippen molar-refractivity contribution in [1.82, 2.24) is 10.2 Å². The second-order valence-corrected chi connectivity index (χ2v) is 4.09. The molecule has 0 amide bonds.